The van der Waals surface area contributed by atoms with Gasteiger partial charge in [-0.1, -0.05) is 19.9 Å². The van der Waals surface area contributed by atoms with Gasteiger partial charge in [-0.2, -0.15) is 13.2 Å². The second-order valence-corrected chi connectivity index (χ2v) is 5.30. The largest absolute Gasteiger partial charge is 0.416 e. The van der Waals surface area contributed by atoms with Gasteiger partial charge in [0.05, 0.1) is 17.8 Å². The Morgan fingerprint density at radius 3 is 2.40 bits per heavy atom. The molecule has 0 spiro atoms. The van der Waals surface area contributed by atoms with Crippen LogP contribution in [0.1, 0.15) is 41.7 Å². The molecule has 3 nitrogen and oxygen atoms in total. The highest BCUT2D eigenvalue weighted by Gasteiger charge is 2.31. The summed E-state index contributed by atoms with van der Waals surface area (Å²) in [4.78, 5) is 8.55. The number of fused-ring (bicyclic) bond motifs is 1. The monoisotopic (exact) mass is 347 g/mol. The van der Waals surface area contributed by atoms with E-state index in [1.54, 1.807) is 31.5 Å². The van der Waals surface area contributed by atoms with Crippen LogP contribution >= 0.6 is 0 Å². The maximum Gasteiger partial charge on any atom is 0.416 e. The zero-order valence-corrected chi connectivity index (χ0v) is 14.4. The van der Waals surface area contributed by atoms with Crippen LogP contribution < -0.4 is 5.73 Å². The summed E-state index contributed by atoms with van der Waals surface area (Å²) in [7, 11) is 0. The fourth-order valence-corrected chi connectivity index (χ4v) is 2.60. The number of hydrogen-bond acceptors (Lipinski definition) is 3. The number of nitrogens with two attached hydrogens (primary N) is 1. The first kappa shape index (κ1) is 18.7. The summed E-state index contributed by atoms with van der Waals surface area (Å²) in [6.07, 6.45) is 0.670. The Morgan fingerprint density at radius 1 is 1.04 bits per heavy atom. The van der Waals surface area contributed by atoms with Crippen molar-refractivity contribution in [2.75, 3.05) is 6.54 Å². The van der Waals surface area contributed by atoms with Gasteiger partial charge in [0.1, 0.15) is 0 Å². The van der Waals surface area contributed by atoms with Gasteiger partial charge in [0.25, 0.3) is 0 Å². The summed E-state index contributed by atoms with van der Waals surface area (Å²) >= 11 is 0. The topological polar surface area (TPSA) is 51.3 Å². The molecule has 2 N–H and O–H groups in total. The number of benzene rings is 1. The Hall–Kier alpha value is -2.63. The minimum Gasteiger partial charge on any atom is -0.398 e. The molecule has 0 fully saturated rings. The molecule has 0 saturated heterocycles. The van der Waals surface area contributed by atoms with Crippen LogP contribution in [-0.4, -0.2) is 17.2 Å². The van der Waals surface area contributed by atoms with Crippen LogP contribution in [0.5, 0.6) is 0 Å². The highest BCUT2D eigenvalue weighted by molar-refractivity contribution is 6.16. The normalized spacial score (nSPS) is 13.7. The second kappa shape index (κ2) is 7.51. The van der Waals surface area contributed by atoms with E-state index in [0.717, 1.165) is 23.3 Å². The molecule has 0 radical (unpaired) electrons. The van der Waals surface area contributed by atoms with Crippen molar-refractivity contribution in [2.24, 2.45) is 10.7 Å². The molecule has 6 heteroatoms. The van der Waals surface area contributed by atoms with Gasteiger partial charge in [-0.25, -0.2) is 0 Å². The van der Waals surface area contributed by atoms with Gasteiger partial charge < -0.3 is 5.73 Å². The summed E-state index contributed by atoms with van der Waals surface area (Å²) in [5, 5.41) is 0. The van der Waals surface area contributed by atoms with Crippen molar-refractivity contribution in [3.8, 4) is 0 Å². The minimum absolute atomic E-state index is 0.371. The van der Waals surface area contributed by atoms with Gasteiger partial charge in [-0.3, -0.25) is 9.98 Å². The highest BCUT2D eigenvalue weighted by atomic mass is 19.4. The number of halogens is 3. The third kappa shape index (κ3) is 3.90. The highest BCUT2D eigenvalue weighted by Crippen LogP contribution is 2.31. The second-order valence-electron chi connectivity index (χ2n) is 5.30. The van der Waals surface area contributed by atoms with E-state index in [-0.39, 0.29) is 0 Å². The SMILES string of the molecule is CC.Cc1cc(C(F)(F)F)ccc1C1=NCC=C(N)c2cnccc21. The molecular formula is C19H20F3N3. The third-order valence-corrected chi connectivity index (χ3v) is 3.76. The van der Waals surface area contributed by atoms with Crippen LogP contribution in [0.2, 0.25) is 0 Å². The van der Waals surface area contributed by atoms with Crippen molar-refractivity contribution >= 4 is 11.4 Å². The molecule has 0 unspecified atom stereocenters. The van der Waals surface area contributed by atoms with E-state index in [9.17, 15) is 13.2 Å². The predicted molar refractivity (Wildman–Crippen MR) is 94.4 cm³/mol. The lowest BCUT2D eigenvalue weighted by molar-refractivity contribution is -0.137. The number of hydrogen-bond donors (Lipinski definition) is 1. The Kier molecular flexibility index (Phi) is 5.62. The number of aryl methyl sites for hydroxylation is 1. The molecule has 0 saturated carbocycles. The zero-order valence-electron chi connectivity index (χ0n) is 14.4. The molecule has 1 aromatic carbocycles. The van der Waals surface area contributed by atoms with Crippen LogP contribution in [0.4, 0.5) is 13.2 Å². The standard InChI is InChI=1S/C17H14F3N3.C2H6/c1-10-8-11(17(18,19)20)2-3-12(10)16-13-4-6-22-9-14(13)15(21)5-7-23-16;1-2/h2-6,8-9H,7,21H2,1H3;1-2H3. The van der Waals surface area contributed by atoms with Gasteiger partial charge in [0, 0.05) is 34.8 Å². The lowest BCUT2D eigenvalue weighted by Gasteiger charge is -2.14. The molecule has 1 aromatic heterocycles. The number of alkyl halides is 3. The molecule has 3 rings (SSSR count). The fraction of sp³-hybridized carbons (Fsp3) is 0.263. The molecule has 0 aliphatic carbocycles. The Morgan fingerprint density at radius 2 is 1.76 bits per heavy atom. The van der Waals surface area contributed by atoms with E-state index in [1.807, 2.05) is 13.8 Å². The molecule has 132 valence electrons. The molecule has 25 heavy (non-hydrogen) atoms. The number of rotatable bonds is 1. The van der Waals surface area contributed by atoms with E-state index < -0.39 is 11.7 Å². The van der Waals surface area contributed by atoms with Crippen LogP contribution in [-0.2, 0) is 6.18 Å². The first-order valence-corrected chi connectivity index (χ1v) is 8.01. The quantitative estimate of drug-likeness (QED) is 0.820. The van der Waals surface area contributed by atoms with Crippen LogP contribution in [0, 0.1) is 6.92 Å². The maximum atomic E-state index is 12.8. The van der Waals surface area contributed by atoms with Crippen LogP contribution in [0.25, 0.3) is 5.70 Å². The summed E-state index contributed by atoms with van der Waals surface area (Å²) in [5.41, 5.74) is 9.22. The average Bonchev–Trinajstić information content (AvgIpc) is 2.75. The molecule has 0 bridgehead atoms. The van der Waals surface area contributed by atoms with Gasteiger partial charge >= 0.3 is 6.18 Å². The van der Waals surface area contributed by atoms with Crippen molar-refractivity contribution in [3.05, 3.63) is 70.6 Å². The molecule has 2 aromatic rings. The van der Waals surface area contributed by atoms with E-state index in [1.165, 1.54) is 6.07 Å². The minimum atomic E-state index is -4.36. The molecular weight excluding hydrogens is 327 g/mol. The first-order chi connectivity index (χ1) is 11.9. The van der Waals surface area contributed by atoms with Gasteiger partial charge in [-0.05, 0) is 36.8 Å². The van der Waals surface area contributed by atoms with Crippen LogP contribution in [0.15, 0.2) is 47.7 Å². The van der Waals surface area contributed by atoms with Crippen molar-refractivity contribution in [3.63, 3.8) is 0 Å². The van der Waals surface area contributed by atoms with E-state index in [2.05, 4.69) is 9.98 Å². The van der Waals surface area contributed by atoms with Gasteiger partial charge in [0.15, 0.2) is 0 Å². The lowest BCUT2D eigenvalue weighted by Crippen LogP contribution is -2.12. The van der Waals surface area contributed by atoms with Crippen molar-refractivity contribution in [1.29, 1.82) is 0 Å². The summed E-state index contributed by atoms with van der Waals surface area (Å²) in [6, 6.07) is 5.45. The number of aromatic nitrogens is 1. The van der Waals surface area contributed by atoms with E-state index in [4.69, 9.17) is 5.73 Å². The molecule has 1 aliphatic rings. The Balaban J connectivity index is 0.00000109. The van der Waals surface area contributed by atoms with Crippen molar-refractivity contribution in [1.82, 2.24) is 4.98 Å². The summed E-state index contributed by atoms with van der Waals surface area (Å²) in [6.45, 7) is 6.02. The number of pyridine rings is 1. The number of aliphatic imine (C=N–C) groups is 1. The predicted octanol–water partition coefficient (Wildman–Crippen LogP) is 4.59. The average molecular weight is 347 g/mol. The maximum absolute atomic E-state index is 12.8. The Bertz CT molecular complexity index is 821. The summed E-state index contributed by atoms with van der Waals surface area (Å²) in [5.74, 6) is 0. The Labute approximate surface area is 145 Å². The first-order valence-electron chi connectivity index (χ1n) is 8.01. The lowest BCUT2D eigenvalue weighted by atomic mass is 9.94. The van der Waals surface area contributed by atoms with Gasteiger partial charge in [0.2, 0.25) is 0 Å². The molecule has 2 heterocycles. The fourth-order valence-electron chi connectivity index (χ4n) is 2.60. The zero-order chi connectivity index (χ0) is 18.6. The molecule has 0 amide bonds. The third-order valence-electron chi connectivity index (χ3n) is 3.76. The van der Waals surface area contributed by atoms with E-state index in [0.29, 0.717) is 29.1 Å². The molecule has 1 aliphatic heterocycles. The summed E-state index contributed by atoms with van der Waals surface area (Å²) < 4.78 is 38.5. The molecule has 0 atom stereocenters. The van der Waals surface area contributed by atoms with Gasteiger partial charge in [-0.15, -0.1) is 0 Å². The van der Waals surface area contributed by atoms with Crippen molar-refractivity contribution < 1.29 is 13.2 Å². The number of nitrogens with zero attached hydrogens (tertiary/aromatic N) is 2. The van der Waals surface area contributed by atoms with Crippen LogP contribution in [0.3, 0.4) is 0 Å². The van der Waals surface area contributed by atoms with E-state index >= 15 is 0 Å². The van der Waals surface area contributed by atoms with Crippen molar-refractivity contribution in [2.45, 2.75) is 26.9 Å². The smallest absolute Gasteiger partial charge is 0.398 e.